The molecule has 0 aliphatic rings. The van der Waals surface area contributed by atoms with Crippen LogP contribution < -0.4 is 21.5 Å². The predicted molar refractivity (Wildman–Crippen MR) is 144 cm³/mol. The van der Waals surface area contributed by atoms with E-state index in [9.17, 15) is 23.8 Å². The van der Waals surface area contributed by atoms with Gasteiger partial charge in [-0.1, -0.05) is 62.4 Å². The van der Waals surface area contributed by atoms with Gasteiger partial charge in [-0.05, 0) is 23.1 Å². The van der Waals surface area contributed by atoms with Crippen molar-refractivity contribution in [3.05, 3.63) is 71.9 Å². The third-order valence-electron chi connectivity index (χ3n) is 5.92. The molecule has 0 saturated heterocycles. The van der Waals surface area contributed by atoms with Crippen LogP contribution in [-0.4, -0.2) is 46.2 Å². The van der Waals surface area contributed by atoms with Crippen LogP contribution in [0.1, 0.15) is 31.4 Å². The van der Waals surface area contributed by atoms with Crippen molar-refractivity contribution >= 4 is 36.3 Å². The molecule has 0 aliphatic carbocycles. The van der Waals surface area contributed by atoms with Gasteiger partial charge >= 0.3 is 6.09 Å². The Morgan fingerprint density at radius 3 is 2.45 bits per heavy atom. The Labute approximate surface area is 221 Å². The van der Waals surface area contributed by atoms with E-state index in [1.54, 1.807) is 44.3 Å². The molecular formula is C26H34N5O6P. The van der Waals surface area contributed by atoms with Gasteiger partial charge in [0.05, 0.1) is 6.04 Å². The van der Waals surface area contributed by atoms with Crippen LogP contribution in [0, 0.1) is 5.92 Å². The highest BCUT2D eigenvalue weighted by molar-refractivity contribution is 7.56. The summed E-state index contributed by atoms with van der Waals surface area (Å²) in [6.07, 6.45) is 0.709. The monoisotopic (exact) mass is 543 g/mol. The number of nitrogens with one attached hydrogen (secondary N) is 4. The summed E-state index contributed by atoms with van der Waals surface area (Å²) in [5.74, 6) is -3.15. The number of carbonyl (C=O) groups excluding carboxylic acids is 3. The molecule has 12 heteroatoms. The molecule has 1 aromatic heterocycles. The van der Waals surface area contributed by atoms with E-state index in [1.807, 2.05) is 30.3 Å². The summed E-state index contributed by atoms with van der Waals surface area (Å²) in [6.45, 7) is 3.36. The van der Waals surface area contributed by atoms with Crippen LogP contribution >= 0.6 is 7.52 Å². The van der Waals surface area contributed by atoms with E-state index in [0.29, 0.717) is 5.56 Å². The maximum atomic E-state index is 13.7. The van der Waals surface area contributed by atoms with E-state index in [4.69, 9.17) is 10.5 Å². The highest BCUT2D eigenvalue weighted by atomic mass is 31.2. The van der Waals surface area contributed by atoms with E-state index in [0.717, 1.165) is 16.5 Å². The van der Waals surface area contributed by atoms with Crippen LogP contribution in [0.3, 0.4) is 0 Å². The number of aromatic amines is 1. The van der Waals surface area contributed by atoms with Crippen molar-refractivity contribution in [2.24, 2.45) is 11.7 Å². The second-order valence-corrected chi connectivity index (χ2v) is 11.3. The first kappa shape index (κ1) is 29.1. The minimum absolute atomic E-state index is 0.0318. The molecular weight excluding hydrogens is 509 g/mol. The van der Waals surface area contributed by atoms with Gasteiger partial charge in [0.15, 0.2) is 0 Å². The number of fused-ring (bicyclic) bond motifs is 1. The second kappa shape index (κ2) is 13.3. The van der Waals surface area contributed by atoms with Crippen molar-refractivity contribution in [1.29, 1.82) is 0 Å². The fourth-order valence-electron chi connectivity index (χ4n) is 3.88. The van der Waals surface area contributed by atoms with E-state index in [-0.39, 0.29) is 26.0 Å². The molecule has 7 N–H and O–H groups in total. The lowest BCUT2D eigenvalue weighted by atomic mass is 10.1. The van der Waals surface area contributed by atoms with Gasteiger partial charge in [0.25, 0.3) is 7.52 Å². The summed E-state index contributed by atoms with van der Waals surface area (Å²) < 4.78 is 19.0. The van der Waals surface area contributed by atoms with Gasteiger partial charge in [-0.2, -0.15) is 0 Å². The standard InChI is InChI=1S/C26H34N5O6P/c1-17(2)24(25(33)29-22(32)12-13-27)31-38(35,36)23(14-19-15-28-21-11-7-6-10-20(19)21)30-26(34)37-16-18-8-4-3-5-9-18/h3-11,15,17,23-24,28H,12-14,16,27H2,1-2H3,(H,30,34)(H,29,32,33)(H2,31,35,36)/t23?,24-/m0/s1. The zero-order valence-electron chi connectivity index (χ0n) is 21.3. The van der Waals surface area contributed by atoms with Crippen LogP contribution in [-0.2, 0) is 31.9 Å². The molecule has 1 heterocycles. The van der Waals surface area contributed by atoms with E-state index in [1.165, 1.54) is 0 Å². The molecule has 0 radical (unpaired) electrons. The van der Waals surface area contributed by atoms with Gasteiger partial charge in [0, 0.05) is 36.5 Å². The van der Waals surface area contributed by atoms with Crippen molar-refractivity contribution in [2.75, 3.05) is 6.54 Å². The third-order valence-corrected chi connectivity index (χ3v) is 7.72. The number of para-hydroxylation sites is 1. The average Bonchev–Trinajstić information content (AvgIpc) is 3.29. The van der Waals surface area contributed by atoms with E-state index >= 15 is 0 Å². The van der Waals surface area contributed by atoms with Gasteiger partial charge in [0.1, 0.15) is 12.4 Å². The minimum Gasteiger partial charge on any atom is -0.445 e. The Hall–Kier alpha value is -3.50. The molecule has 3 amide bonds. The molecule has 2 aromatic carbocycles. The number of hydrogen-bond donors (Lipinski definition) is 6. The number of carbonyl (C=O) groups is 3. The van der Waals surface area contributed by atoms with Crippen molar-refractivity contribution in [3.8, 4) is 0 Å². The van der Waals surface area contributed by atoms with Crippen LogP contribution in [0.2, 0.25) is 0 Å². The quantitative estimate of drug-likeness (QED) is 0.189. The summed E-state index contributed by atoms with van der Waals surface area (Å²) in [7, 11) is -4.47. The maximum absolute atomic E-state index is 13.7. The predicted octanol–water partition coefficient (Wildman–Crippen LogP) is 2.75. The molecule has 204 valence electrons. The summed E-state index contributed by atoms with van der Waals surface area (Å²) >= 11 is 0. The summed E-state index contributed by atoms with van der Waals surface area (Å²) in [6, 6.07) is 15.2. The Kier molecular flexibility index (Phi) is 10.2. The molecule has 3 atom stereocenters. The number of nitrogens with two attached hydrogens (primary N) is 1. The SMILES string of the molecule is CC(C)[C@H](NP(=O)(O)C(Cc1c[nH]c2ccccc12)NC(=O)OCc1ccccc1)C(=O)NC(=O)CCN. The van der Waals surface area contributed by atoms with Gasteiger partial charge in [-0.15, -0.1) is 0 Å². The highest BCUT2D eigenvalue weighted by Gasteiger charge is 2.38. The Morgan fingerprint density at radius 2 is 1.76 bits per heavy atom. The van der Waals surface area contributed by atoms with Crippen molar-refractivity contribution in [2.45, 2.75) is 45.1 Å². The smallest absolute Gasteiger partial charge is 0.408 e. The first-order valence-corrected chi connectivity index (χ1v) is 14.0. The second-order valence-electron chi connectivity index (χ2n) is 9.21. The fraction of sp³-hybridized carbons (Fsp3) is 0.346. The summed E-state index contributed by atoms with van der Waals surface area (Å²) in [4.78, 5) is 51.6. The topological polar surface area (TPSA) is 176 Å². The first-order valence-electron chi connectivity index (χ1n) is 12.3. The molecule has 0 fully saturated rings. The number of imide groups is 1. The number of aromatic nitrogens is 1. The number of ether oxygens (including phenoxy) is 1. The fourth-order valence-corrected chi connectivity index (χ4v) is 5.60. The number of alkyl carbamates (subject to hydrolysis) is 1. The van der Waals surface area contributed by atoms with Crippen molar-refractivity contribution in [1.82, 2.24) is 20.7 Å². The normalized spacial score (nSPS) is 14.4. The average molecular weight is 544 g/mol. The molecule has 0 bridgehead atoms. The van der Waals surface area contributed by atoms with E-state index < -0.39 is 43.2 Å². The highest BCUT2D eigenvalue weighted by Crippen LogP contribution is 2.44. The molecule has 2 unspecified atom stereocenters. The number of rotatable bonds is 12. The van der Waals surface area contributed by atoms with Crippen molar-refractivity contribution in [3.63, 3.8) is 0 Å². The lowest BCUT2D eigenvalue weighted by Crippen LogP contribution is -2.50. The third kappa shape index (κ3) is 8.00. The summed E-state index contributed by atoms with van der Waals surface area (Å²) in [5.41, 5.74) is 7.63. The van der Waals surface area contributed by atoms with Gasteiger partial charge in [-0.3, -0.25) is 19.5 Å². The van der Waals surface area contributed by atoms with Gasteiger partial charge in [0.2, 0.25) is 11.8 Å². The van der Waals surface area contributed by atoms with Gasteiger partial charge < -0.3 is 25.7 Å². The van der Waals surface area contributed by atoms with Crippen LogP contribution in [0.25, 0.3) is 10.9 Å². The molecule has 3 aromatic rings. The molecule has 11 nitrogen and oxygen atoms in total. The van der Waals surface area contributed by atoms with Crippen LogP contribution in [0.15, 0.2) is 60.8 Å². The number of H-pyrrole nitrogens is 1. The lowest BCUT2D eigenvalue weighted by molar-refractivity contribution is -0.131. The number of benzene rings is 2. The Balaban J connectivity index is 1.82. The molecule has 3 rings (SSSR count). The van der Waals surface area contributed by atoms with Crippen LogP contribution in [0.4, 0.5) is 4.79 Å². The minimum atomic E-state index is -4.47. The number of amides is 3. The Bertz CT molecular complexity index is 1300. The zero-order chi connectivity index (χ0) is 27.7. The van der Waals surface area contributed by atoms with Crippen LogP contribution in [0.5, 0.6) is 0 Å². The molecule has 0 spiro atoms. The molecule has 0 aliphatic heterocycles. The van der Waals surface area contributed by atoms with E-state index in [2.05, 4.69) is 20.7 Å². The van der Waals surface area contributed by atoms with Crippen molar-refractivity contribution < 1.29 is 28.6 Å². The molecule has 0 saturated carbocycles. The zero-order valence-corrected chi connectivity index (χ0v) is 22.2. The largest absolute Gasteiger partial charge is 0.445 e. The maximum Gasteiger partial charge on any atom is 0.408 e. The molecule has 38 heavy (non-hydrogen) atoms. The number of hydrogen-bond acceptors (Lipinski definition) is 6. The lowest BCUT2D eigenvalue weighted by Gasteiger charge is -2.29. The summed E-state index contributed by atoms with van der Waals surface area (Å²) in [5, 5.41) is 8.05. The Morgan fingerprint density at radius 1 is 1.08 bits per heavy atom. The van der Waals surface area contributed by atoms with Gasteiger partial charge in [-0.25, -0.2) is 9.88 Å². The first-order chi connectivity index (χ1) is 18.1.